The van der Waals surface area contributed by atoms with Crippen LogP contribution in [0.3, 0.4) is 0 Å². The fraction of sp³-hybridized carbons (Fsp3) is 0.500. The van der Waals surface area contributed by atoms with E-state index in [0.717, 1.165) is 23.6 Å². The van der Waals surface area contributed by atoms with Crippen LogP contribution in [0.4, 0.5) is 5.00 Å². The van der Waals surface area contributed by atoms with Crippen molar-refractivity contribution in [2.24, 2.45) is 11.7 Å². The van der Waals surface area contributed by atoms with E-state index in [-0.39, 0.29) is 27.1 Å². The van der Waals surface area contributed by atoms with E-state index >= 15 is 0 Å². The van der Waals surface area contributed by atoms with E-state index in [9.17, 15) is 14.4 Å². The summed E-state index contributed by atoms with van der Waals surface area (Å²) in [5, 5.41) is 12.3. The number of aromatic nitrogens is 3. The summed E-state index contributed by atoms with van der Waals surface area (Å²) in [4.78, 5) is 36.7. The Balaban J connectivity index is 1.70. The fourth-order valence-corrected chi connectivity index (χ4v) is 5.85. The van der Waals surface area contributed by atoms with E-state index in [1.54, 1.807) is 13.0 Å². The number of thiophene rings is 1. The summed E-state index contributed by atoms with van der Waals surface area (Å²) in [6, 6.07) is 0. The normalized spacial score (nSPS) is 14.1. The summed E-state index contributed by atoms with van der Waals surface area (Å²) >= 11 is 2.22. The number of nitrogens with one attached hydrogen (secondary N) is 1. The Morgan fingerprint density at radius 3 is 2.67 bits per heavy atom. The van der Waals surface area contributed by atoms with Crippen molar-refractivity contribution in [3.8, 4) is 0 Å². The van der Waals surface area contributed by atoms with Crippen molar-refractivity contribution in [3.05, 3.63) is 34.5 Å². The first kappa shape index (κ1) is 25.0. The molecule has 11 heteroatoms. The molecule has 1 fully saturated rings. The number of hydrogen-bond donors (Lipinski definition) is 2. The van der Waals surface area contributed by atoms with Crippen LogP contribution >= 0.6 is 23.1 Å². The highest BCUT2D eigenvalue weighted by Crippen LogP contribution is 2.34. The van der Waals surface area contributed by atoms with Gasteiger partial charge in [0, 0.05) is 13.0 Å². The maximum atomic E-state index is 12.7. The number of carbonyl (C=O) groups is 3. The van der Waals surface area contributed by atoms with E-state index in [1.165, 1.54) is 51.0 Å². The number of carbonyl (C=O) groups excluding carboxylic acids is 3. The Kier molecular flexibility index (Phi) is 8.67. The Labute approximate surface area is 201 Å². The Hall–Kier alpha value is -2.66. The maximum Gasteiger partial charge on any atom is 0.341 e. The Morgan fingerprint density at radius 2 is 2.03 bits per heavy atom. The Morgan fingerprint density at radius 1 is 1.30 bits per heavy atom. The van der Waals surface area contributed by atoms with Crippen LogP contribution in [0.25, 0.3) is 0 Å². The average Bonchev–Trinajstić information content (AvgIpc) is 3.33. The van der Waals surface area contributed by atoms with Gasteiger partial charge < -0.3 is 20.4 Å². The lowest BCUT2D eigenvalue weighted by Crippen LogP contribution is -2.17. The molecule has 0 atom stereocenters. The van der Waals surface area contributed by atoms with Crippen molar-refractivity contribution >= 4 is 45.9 Å². The topological polar surface area (TPSA) is 129 Å². The van der Waals surface area contributed by atoms with Crippen molar-refractivity contribution < 1.29 is 19.1 Å². The van der Waals surface area contributed by atoms with E-state index in [4.69, 9.17) is 10.5 Å². The third-order valence-electron chi connectivity index (χ3n) is 5.65. The summed E-state index contributed by atoms with van der Waals surface area (Å²) in [7, 11) is 1.24. The first-order chi connectivity index (χ1) is 15.8. The van der Waals surface area contributed by atoms with Gasteiger partial charge in [0.15, 0.2) is 5.16 Å². The van der Waals surface area contributed by atoms with E-state index in [0.29, 0.717) is 23.2 Å². The van der Waals surface area contributed by atoms with E-state index < -0.39 is 11.9 Å². The lowest BCUT2D eigenvalue weighted by atomic mass is 9.87. The number of rotatable bonds is 10. The number of allylic oxidation sites excluding steroid dienone is 1. The summed E-state index contributed by atoms with van der Waals surface area (Å²) < 4.78 is 6.80. The van der Waals surface area contributed by atoms with Gasteiger partial charge in [0.2, 0.25) is 5.91 Å². The van der Waals surface area contributed by atoms with Gasteiger partial charge in [0.1, 0.15) is 10.8 Å². The third kappa shape index (κ3) is 6.02. The van der Waals surface area contributed by atoms with Crippen LogP contribution in [0.5, 0.6) is 0 Å². The summed E-state index contributed by atoms with van der Waals surface area (Å²) in [5.41, 5.74) is 5.92. The van der Waals surface area contributed by atoms with Gasteiger partial charge in [-0.05, 0) is 18.4 Å². The van der Waals surface area contributed by atoms with E-state index in [1.807, 2.05) is 4.57 Å². The van der Waals surface area contributed by atoms with Crippen LogP contribution in [-0.2, 0) is 22.5 Å². The summed E-state index contributed by atoms with van der Waals surface area (Å²) in [6.45, 7) is 5.99. The number of thioether (sulfide) groups is 1. The molecule has 33 heavy (non-hydrogen) atoms. The molecule has 2 aromatic heterocycles. The highest BCUT2D eigenvalue weighted by Gasteiger charge is 2.26. The van der Waals surface area contributed by atoms with Gasteiger partial charge in [-0.1, -0.05) is 49.9 Å². The van der Waals surface area contributed by atoms with Crippen molar-refractivity contribution in [1.29, 1.82) is 0 Å². The van der Waals surface area contributed by atoms with Gasteiger partial charge in [-0.25, -0.2) is 4.79 Å². The molecule has 9 nitrogen and oxygen atoms in total. The van der Waals surface area contributed by atoms with Crippen molar-refractivity contribution in [2.75, 3.05) is 18.2 Å². The first-order valence-corrected chi connectivity index (χ1v) is 12.6. The smallest absolute Gasteiger partial charge is 0.341 e. The summed E-state index contributed by atoms with van der Waals surface area (Å²) in [6.07, 6.45) is 8.91. The number of nitrogens with zero attached hydrogens (tertiary/aromatic N) is 3. The van der Waals surface area contributed by atoms with Gasteiger partial charge in [-0.3, -0.25) is 9.59 Å². The number of anilines is 1. The number of primary amides is 1. The first-order valence-electron chi connectivity index (χ1n) is 10.8. The molecule has 0 aromatic carbocycles. The van der Waals surface area contributed by atoms with E-state index in [2.05, 4.69) is 22.1 Å². The number of ether oxygens (including phenoxy) is 1. The molecule has 3 N–H and O–H groups in total. The van der Waals surface area contributed by atoms with Gasteiger partial charge in [0.05, 0.1) is 23.3 Å². The standard InChI is InChI=1S/C22H29N5O4S2/c1-4-10-27-15(11-14-8-6-5-7-9-14)25-26-22(27)32-12-16(28)24-20-17(21(30)31-3)13(2)18(33-20)19(23)29/h4,14H,1,5-12H2,2-3H3,(H2,23,29)(H,24,28). The van der Waals surface area contributed by atoms with Gasteiger partial charge in [0.25, 0.3) is 5.91 Å². The maximum absolute atomic E-state index is 12.7. The van der Waals surface area contributed by atoms with Crippen molar-refractivity contribution in [3.63, 3.8) is 0 Å². The second-order valence-corrected chi connectivity index (χ2v) is 9.92. The minimum absolute atomic E-state index is 0.0577. The fourth-order valence-electron chi connectivity index (χ4n) is 4.02. The second kappa shape index (κ2) is 11.5. The predicted molar refractivity (Wildman–Crippen MR) is 129 cm³/mol. The highest BCUT2D eigenvalue weighted by atomic mass is 32.2. The van der Waals surface area contributed by atoms with Gasteiger partial charge >= 0.3 is 5.97 Å². The average molecular weight is 492 g/mol. The predicted octanol–water partition coefficient (Wildman–Crippen LogP) is 3.57. The number of hydrogen-bond acceptors (Lipinski definition) is 8. The quantitative estimate of drug-likeness (QED) is 0.295. The lowest BCUT2D eigenvalue weighted by Gasteiger charge is -2.21. The minimum Gasteiger partial charge on any atom is -0.465 e. The van der Waals surface area contributed by atoms with Crippen LogP contribution in [0, 0.1) is 12.8 Å². The molecule has 1 saturated carbocycles. The molecule has 1 aliphatic carbocycles. The molecule has 3 rings (SSSR count). The highest BCUT2D eigenvalue weighted by molar-refractivity contribution is 7.99. The zero-order valence-corrected chi connectivity index (χ0v) is 20.5. The van der Waals surface area contributed by atoms with Crippen molar-refractivity contribution in [1.82, 2.24) is 14.8 Å². The molecule has 2 aromatic rings. The second-order valence-electron chi connectivity index (χ2n) is 7.96. The zero-order valence-electron chi connectivity index (χ0n) is 18.9. The van der Waals surface area contributed by atoms with Crippen molar-refractivity contribution in [2.45, 2.75) is 57.1 Å². The van der Waals surface area contributed by atoms with Crippen LogP contribution in [0.2, 0.25) is 0 Å². The molecule has 0 bridgehead atoms. The summed E-state index contributed by atoms with van der Waals surface area (Å²) in [5.74, 6) is -0.0619. The van der Waals surface area contributed by atoms with Crippen LogP contribution in [-0.4, -0.2) is 45.4 Å². The van der Waals surface area contributed by atoms with Gasteiger partial charge in [-0.15, -0.1) is 28.1 Å². The molecule has 0 saturated heterocycles. The molecule has 1 aliphatic rings. The van der Waals surface area contributed by atoms with Crippen LogP contribution in [0.1, 0.15) is 63.5 Å². The van der Waals surface area contributed by atoms with Crippen LogP contribution < -0.4 is 11.1 Å². The number of esters is 1. The molecule has 178 valence electrons. The molecule has 0 radical (unpaired) electrons. The molecule has 0 unspecified atom stereocenters. The molecule has 2 heterocycles. The molecule has 2 amide bonds. The minimum atomic E-state index is -0.666. The molecule has 0 aliphatic heterocycles. The Bertz CT molecular complexity index is 1040. The monoisotopic (exact) mass is 491 g/mol. The molecule has 0 spiro atoms. The lowest BCUT2D eigenvalue weighted by molar-refractivity contribution is -0.113. The largest absolute Gasteiger partial charge is 0.465 e. The van der Waals surface area contributed by atoms with Crippen LogP contribution in [0.15, 0.2) is 17.8 Å². The molecular formula is C22H29N5O4S2. The zero-order chi connectivity index (χ0) is 24.0. The number of methoxy groups -OCH3 is 1. The third-order valence-corrected chi connectivity index (χ3v) is 7.84. The number of nitrogens with two attached hydrogens (primary N) is 1. The SMILES string of the molecule is C=CCn1c(CC2CCCCC2)nnc1SCC(=O)Nc1sc(C(N)=O)c(C)c1C(=O)OC. The van der Waals surface area contributed by atoms with Gasteiger partial charge in [-0.2, -0.15) is 0 Å². The molecular weight excluding hydrogens is 462 g/mol. The number of amides is 2.